The SMILES string of the molecule is O=c1ccncn1CC1CCN(S(=O)(=O)N2CCOCC2)CC1. The molecule has 0 radical (unpaired) electrons. The van der Waals surface area contributed by atoms with Gasteiger partial charge in [-0.05, 0) is 18.8 Å². The first-order valence-electron chi connectivity index (χ1n) is 7.91. The van der Waals surface area contributed by atoms with E-state index in [0.29, 0.717) is 51.9 Å². The molecule has 1 aromatic rings. The average Bonchev–Trinajstić information content (AvgIpc) is 2.58. The lowest BCUT2D eigenvalue weighted by molar-refractivity contribution is 0.0692. The highest BCUT2D eigenvalue weighted by atomic mass is 32.2. The van der Waals surface area contributed by atoms with Crippen LogP contribution >= 0.6 is 0 Å². The summed E-state index contributed by atoms with van der Waals surface area (Å²) in [5.41, 5.74) is -0.0663. The summed E-state index contributed by atoms with van der Waals surface area (Å²) in [6.07, 6.45) is 4.53. The third kappa shape index (κ3) is 3.79. The molecule has 0 amide bonds. The fraction of sp³-hybridized carbons (Fsp3) is 0.714. The molecule has 0 unspecified atom stereocenters. The first kappa shape index (κ1) is 16.6. The lowest BCUT2D eigenvalue weighted by Crippen LogP contribution is -2.51. The second-order valence-electron chi connectivity index (χ2n) is 5.93. The van der Waals surface area contributed by atoms with Crippen LogP contribution in [0.1, 0.15) is 12.8 Å². The molecule has 0 atom stereocenters. The standard InChI is InChI=1S/C14H22N4O4S/c19-14-1-4-15-12-16(14)11-13-2-5-17(6-3-13)23(20,21)18-7-9-22-10-8-18/h1,4,12-13H,2-3,5-11H2. The molecule has 128 valence electrons. The Balaban J connectivity index is 1.58. The number of aromatic nitrogens is 2. The van der Waals surface area contributed by atoms with Gasteiger partial charge < -0.3 is 4.74 Å². The lowest BCUT2D eigenvalue weighted by Gasteiger charge is -2.36. The van der Waals surface area contributed by atoms with E-state index in [-0.39, 0.29) is 5.56 Å². The summed E-state index contributed by atoms with van der Waals surface area (Å²) in [7, 11) is -3.38. The van der Waals surface area contributed by atoms with Crippen molar-refractivity contribution in [2.75, 3.05) is 39.4 Å². The van der Waals surface area contributed by atoms with Crippen LogP contribution in [0.4, 0.5) is 0 Å². The third-order valence-corrected chi connectivity index (χ3v) is 6.48. The smallest absolute Gasteiger partial charge is 0.282 e. The van der Waals surface area contributed by atoms with Crippen molar-refractivity contribution < 1.29 is 13.2 Å². The summed E-state index contributed by atoms with van der Waals surface area (Å²) in [4.78, 5) is 15.7. The minimum atomic E-state index is -3.38. The quantitative estimate of drug-likeness (QED) is 0.739. The Hall–Kier alpha value is -1.29. The van der Waals surface area contributed by atoms with Crippen molar-refractivity contribution in [3.63, 3.8) is 0 Å². The van der Waals surface area contributed by atoms with Crippen LogP contribution in [0.5, 0.6) is 0 Å². The van der Waals surface area contributed by atoms with E-state index in [1.807, 2.05) is 0 Å². The van der Waals surface area contributed by atoms with E-state index in [0.717, 1.165) is 12.8 Å². The molecule has 23 heavy (non-hydrogen) atoms. The highest BCUT2D eigenvalue weighted by Crippen LogP contribution is 2.22. The Morgan fingerprint density at radius 1 is 1.13 bits per heavy atom. The van der Waals surface area contributed by atoms with Gasteiger partial charge in [0.1, 0.15) is 0 Å². The molecule has 2 saturated heterocycles. The van der Waals surface area contributed by atoms with Crippen LogP contribution in [-0.4, -0.2) is 66.0 Å². The van der Waals surface area contributed by atoms with Crippen molar-refractivity contribution in [1.82, 2.24) is 18.2 Å². The van der Waals surface area contributed by atoms with Crippen molar-refractivity contribution >= 4 is 10.2 Å². The lowest BCUT2D eigenvalue weighted by atomic mass is 9.98. The van der Waals surface area contributed by atoms with Crippen LogP contribution in [0.3, 0.4) is 0 Å². The summed E-state index contributed by atoms with van der Waals surface area (Å²) in [6, 6.07) is 1.44. The van der Waals surface area contributed by atoms with Gasteiger partial charge in [-0.2, -0.15) is 17.0 Å². The summed E-state index contributed by atoms with van der Waals surface area (Å²) in [5.74, 6) is 0.299. The average molecular weight is 342 g/mol. The topological polar surface area (TPSA) is 84.7 Å². The monoisotopic (exact) mass is 342 g/mol. The van der Waals surface area contributed by atoms with Crippen LogP contribution in [0.2, 0.25) is 0 Å². The molecule has 0 bridgehead atoms. The first-order valence-corrected chi connectivity index (χ1v) is 9.30. The van der Waals surface area contributed by atoms with Crippen molar-refractivity contribution in [1.29, 1.82) is 0 Å². The Labute approximate surface area is 135 Å². The molecule has 0 saturated carbocycles. The van der Waals surface area contributed by atoms with Gasteiger partial charge in [-0.15, -0.1) is 0 Å². The Morgan fingerprint density at radius 2 is 1.78 bits per heavy atom. The largest absolute Gasteiger partial charge is 0.379 e. The second-order valence-corrected chi connectivity index (χ2v) is 7.86. The minimum absolute atomic E-state index is 0.0663. The van der Waals surface area contributed by atoms with E-state index in [2.05, 4.69) is 4.98 Å². The fourth-order valence-corrected chi connectivity index (χ4v) is 4.67. The van der Waals surface area contributed by atoms with Crippen molar-refractivity contribution in [3.05, 3.63) is 28.9 Å². The molecule has 1 aromatic heterocycles. The van der Waals surface area contributed by atoms with Gasteiger partial charge in [-0.3, -0.25) is 9.36 Å². The molecule has 0 aromatic carbocycles. The maximum absolute atomic E-state index is 12.6. The van der Waals surface area contributed by atoms with Crippen LogP contribution in [0.15, 0.2) is 23.4 Å². The maximum Gasteiger partial charge on any atom is 0.282 e. The summed E-state index contributed by atoms with van der Waals surface area (Å²) >= 11 is 0. The van der Waals surface area contributed by atoms with Crippen LogP contribution in [0, 0.1) is 5.92 Å². The van der Waals surface area contributed by atoms with E-state index in [1.165, 1.54) is 16.6 Å². The fourth-order valence-electron chi connectivity index (χ4n) is 3.06. The van der Waals surface area contributed by atoms with E-state index in [4.69, 9.17) is 4.74 Å². The number of nitrogens with zero attached hydrogens (tertiary/aromatic N) is 4. The summed E-state index contributed by atoms with van der Waals surface area (Å²) in [5, 5.41) is 0. The van der Waals surface area contributed by atoms with Crippen molar-refractivity contribution in [2.24, 2.45) is 5.92 Å². The van der Waals surface area contributed by atoms with Gasteiger partial charge in [0.25, 0.3) is 15.8 Å². The molecular weight excluding hydrogens is 320 g/mol. The minimum Gasteiger partial charge on any atom is -0.379 e. The zero-order valence-electron chi connectivity index (χ0n) is 13.0. The van der Waals surface area contributed by atoms with Gasteiger partial charge in [-0.25, -0.2) is 4.98 Å². The van der Waals surface area contributed by atoms with Crippen molar-refractivity contribution in [2.45, 2.75) is 19.4 Å². The zero-order chi connectivity index (χ0) is 16.3. The normalized spacial score (nSPS) is 22.3. The number of ether oxygens (including phenoxy) is 1. The highest BCUT2D eigenvalue weighted by Gasteiger charge is 2.33. The summed E-state index contributed by atoms with van der Waals surface area (Å²) in [6.45, 7) is 3.36. The molecule has 3 heterocycles. The van der Waals surface area contributed by atoms with Gasteiger partial charge >= 0.3 is 0 Å². The van der Waals surface area contributed by atoms with Gasteiger partial charge in [-0.1, -0.05) is 0 Å². The Morgan fingerprint density at radius 3 is 2.43 bits per heavy atom. The van der Waals surface area contributed by atoms with Crippen LogP contribution in [0.25, 0.3) is 0 Å². The maximum atomic E-state index is 12.6. The molecule has 0 spiro atoms. The highest BCUT2D eigenvalue weighted by molar-refractivity contribution is 7.86. The molecule has 2 fully saturated rings. The number of rotatable bonds is 4. The molecule has 0 aliphatic carbocycles. The zero-order valence-corrected chi connectivity index (χ0v) is 13.8. The van der Waals surface area contributed by atoms with Gasteiger partial charge in [0, 0.05) is 45.0 Å². The molecular formula is C14H22N4O4S. The first-order chi connectivity index (χ1) is 11.1. The van der Waals surface area contributed by atoms with Gasteiger partial charge in [0.2, 0.25) is 0 Å². The van der Waals surface area contributed by atoms with E-state index in [1.54, 1.807) is 15.2 Å². The molecule has 2 aliphatic rings. The Bertz CT molecular complexity index is 676. The summed E-state index contributed by atoms with van der Waals surface area (Å²) < 4.78 is 35.0. The Kier molecular flexibility index (Phi) is 5.10. The van der Waals surface area contributed by atoms with Crippen LogP contribution < -0.4 is 5.56 Å². The predicted molar refractivity (Wildman–Crippen MR) is 84.1 cm³/mol. The third-order valence-electron chi connectivity index (χ3n) is 4.44. The van der Waals surface area contributed by atoms with E-state index < -0.39 is 10.2 Å². The number of hydrogen-bond acceptors (Lipinski definition) is 5. The second kappa shape index (κ2) is 7.08. The van der Waals surface area contributed by atoms with E-state index >= 15 is 0 Å². The number of piperidine rings is 1. The number of morpholine rings is 1. The molecule has 0 N–H and O–H groups in total. The molecule has 2 aliphatic heterocycles. The van der Waals surface area contributed by atoms with Gasteiger partial charge in [0.05, 0.1) is 19.5 Å². The molecule has 8 nitrogen and oxygen atoms in total. The predicted octanol–water partition coefficient (Wildman–Crippen LogP) is -0.468. The molecule has 3 rings (SSSR count). The van der Waals surface area contributed by atoms with Crippen LogP contribution in [-0.2, 0) is 21.5 Å². The number of hydrogen-bond donors (Lipinski definition) is 0. The van der Waals surface area contributed by atoms with E-state index in [9.17, 15) is 13.2 Å². The van der Waals surface area contributed by atoms with Gasteiger partial charge in [0.15, 0.2) is 0 Å². The molecule has 9 heteroatoms. The van der Waals surface area contributed by atoms with Crippen molar-refractivity contribution in [3.8, 4) is 0 Å².